The van der Waals surface area contributed by atoms with Gasteiger partial charge in [0.25, 0.3) is 0 Å². The molecule has 0 radical (unpaired) electrons. The van der Waals surface area contributed by atoms with Crippen molar-refractivity contribution >= 4 is 5.97 Å². The van der Waals surface area contributed by atoms with Crippen LogP contribution >= 0.6 is 0 Å². The van der Waals surface area contributed by atoms with E-state index >= 15 is 0 Å². The third-order valence-electron chi connectivity index (χ3n) is 5.47. The van der Waals surface area contributed by atoms with E-state index in [0.717, 1.165) is 25.7 Å². The van der Waals surface area contributed by atoms with Crippen molar-refractivity contribution < 1.29 is 14.6 Å². The van der Waals surface area contributed by atoms with Gasteiger partial charge in [-0.2, -0.15) is 0 Å². The van der Waals surface area contributed by atoms with Crippen LogP contribution in [0.25, 0.3) is 0 Å². The number of esters is 1. The van der Waals surface area contributed by atoms with Gasteiger partial charge in [0.15, 0.2) is 5.60 Å². The number of rotatable bonds is 2. The molecule has 0 aliphatic heterocycles. The number of fused-ring (bicyclic) bond motifs is 1. The molecule has 1 saturated carbocycles. The van der Waals surface area contributed by atoms with E-state index in [2.05, 4.69) is 19.1 Å². The molecule has 1 fully saturated rings. The first kappa shape index (κ1) is 15.3. The fraction of sp³-hybridized carbons (Fsp3) is 0.526. The minimum Gasteiger partial charge on any atom is -0.467 e. The summed E-state index contributed by atoms with van der Waals surface area (Å²) in [5, 5.41) is 11.2. The molecule has 0 aromatic heterocycles. The van der Waals surface area contributed by atoms with Crippen molar-refractivity contribution in [2.45, 2.75) is 50.5 Å². The van der Waals surface area contributed by atoms with Crippen LogP contribution in [0.4, 0.5) is 0 Å². The maximum atomic E-state index is 12.3. The summed E-state index contributed by atoms with van der Waals surface area (Å²) in [6, 6.07) is 10.2. The number of hydrogen-bond donors (Lipinski definition) is 1. The van der Waals surface area contributed by atoms with Crippen molar-refractivity contribution in [1.29, 1.82) is 0 Å². The van der Waals surface area contributed by atoms with Crippen molar-refractivity contribution in [1.82, 2.24) is 0 Å². The van der Waals surface area contributed by atoms with Crippen LogP contribution in [0.5, 0.6) is 0 Å². The van der Waals surface area contributed by atoms with E-state index < -0.39 is 11.6 Å². The molecule has 22 heavy (non-hydrogen) atoms. The highest BCUT2D eigenvalue weighted by Crippen LogP contribution is 2.51. The first-order valence-corrected chi connectivity index (χ1v) is 8.13. The summed E-state index contributed by atoms with van der Waals surface area (Å²) >= 11 is 0. The van der Waals surface area contributed by atoms with Gasteiger partial charge in [-0.1, -0.05) is 47.9 Å². The van der Waals surface area contributed by atoms with Crippen LogP contribution in [-0.4, -0.2) is 23.8 Å². The van der Waals surface area contributed by atoms with E-state index in [1.54, 1.807) is 0 Å². The van der Waals surface area contributed by atoms with Crippen molar-refractivity contribution in [2.75, 3.05) is 7.11 Å². The predicted molar refractivity (Wildman–Crippen MR) is 85.4 cm³/mol. The first-order chi connectivity index (χ1) is 10.6. The molecule has 118 valence electrons. The minimum atomic E-state index is -1.38. The summed E-state index contributed by atoms with van der Waals surface area (Å²) in [6.45, 7) is 2.17. The second-order valence-corrected chi connectivity index (χ2v) is 6.59. The Morgan fingerprint density at radius 1 is 1.27 bits per heavy atom. The zero-order valence-electron chi connectivity index (χ0n) is 13.3. The van der Waals surface area contributed by atoms with E-state index in [4.69, 9.17) is 4.74 Å². The lowest BCUT2D eigenvalue weighted by atomic mass is 9.62. The van der Waals surface area contributed by atoms with E-state index in [1.807, 2.05) is 18.2 Å². The molecule has 3 nitrogen and oxygen atoms in total. The largest absolute Gasteiger partial charge is 0.467 e. The zero-order chi connectivity index (χ0) is 15.7. The van der Waals surface area contributed by atoms with Crippen LogP contribution in [0.3, 0.4) is 0 Å². The molecule has 3 heteroatoms. The summed E-state index contributed by atoms with van der Waals surface area (Å²) < 4.78 is 4.95. The molecule has 0 saturated heterocycles. The smallest absolute Gasteiger partial charge is 0.338 e. The maximum absolute atomic E-state index is 12.3. The molecule has 1 aromatic carbocycles. The number of benzene rings is 1. The molecular formula is C19H24O3. The highest BCUT2D eigenvalue weighted by atomic mass is 16.5. The highest BCUT2D eigenvalue weighted by Gasteiger charge is 2.52. The maximum Gasteiger partial charge on any atom is 0.338 e. The van der Waals surface area contributed by atoms with Gasteiger partial charge in [0.2, 0.25) is 0 Å². The monoisotopic (exact) mass is 300 g/mol. The van der Waals surface area contributed by atoms with Gasteiger partial charge >= 0.3 is 5.97 Å². The molecule has 3 atom stereocenters. The molecule has 0 spiro atoms. The average molecular weight is 300 g/mol. The third kappa shape index (κ3) is 2.38. The number of carbonyl (C=O) groups is 1. The van der Waals surface area contributed by atoms with Gasteiger partial charge < -0.3 is 9.84 Å². The lowest BCUT2D eigenvalue weighted by molar-refractivity contribution is -0.170. The molecule has 2 aliphatic rings. The SMILES string of the molecule is COC(=O)[C@]1(O)C[C@H](c2ccccc2)C(C)=C2CCCC[C@H]21. The van der Waals surface area contributed by atoms with E-state index in [1.165, 1.54) is 23.8 Å². The highest BCUT2D eigenvalue weighted by molar-refractivity contribution is 5.81. The first-order valence-electron chi connectivity index (χ1n) is 8.13. The fourth-order valence-corrected chi connectivity index (χ4v) is 4.30. The summed E-state index contributed by atoms with van der Waals surface area (Å²) in [5.74, 6) is -0.464. The van der Waals surface area contributed by atoms with Gasteiger partial charge in [-0.15, -0.1) is 0 Å². The lowest BCUT2D eigenvalue weighted by Gasteiger charge is -2.45. The van der Waals surface area contributed by atoms with Crippen LogP contribution in [0, 0.1) is 5.92 Å². The summed E-state index contributed by atoms with van der Waals surface area (Å²) in [4.78, 5) is 12.3. The van der Waals surface area contributed by atoms with Crippen LogP contribution in [0.2, 0.25) is 0 Å². The molecule has 0 unspecified atom stereocenters. The molecule has 1 N–H and O–H groups in total. The standard InChI is InChI=1S/C19H24O3/c1-13-15-10-6-7-11-17(15)19(21,18(20)22-2)12-16(13)14-8-4-3-5-9-14/h3-5,8-9,16-17,21H,6-7,10-12H2,1-2H3/t16-,17+,19-/m0/s1. The van der Waals surface area contributed by atoms with E-state index in [-0.39, 0.29) is 11.8 Å². The number of allylic oxidation sites excluding steroid dienone is 1. The fourth-order valence-electron chi connectivity index (χ4n) is 4.30. The van der Waals surface area contributed by atoms with Crippen molar-refractivity contribution in [3.8, 4) is 0 Å². The quantitative estimate of drug-likeness (QED) is 0.670. The van der Waals surface area contributed by atoms with Crippen LogP contribution < -0.4 is 0 Å². The number of methoxy groups -OCH3 is 1. The number of hydrogen-bond acceptors (Lipinski definition) is 3. The number of aliphatic hydroxyl groups is 1. The van der Waals surface area contributed by atoms with Crippen molar-refractivity contribution in [3.05, 3.63) is 47.0 Å². The number of ether oxygens (including phenoxy) is 1. The summed E-state index contributed by atoms with van der Waals surface area (Å²) in [5.41, 5.74) is 2.40. The lowest BCUT2D eigenvalue weighted by Crippen LogP contribution is -2.51. The molecule has 0 heterocycles. The zero-order valence-corrected chi connectivity index (χ0v) is 13.3. The van der Waals surface area contributed by atoms with Gasteiger partial charge in [0.05, 0.1) is 7.11 Å². The Bertz CT molecular complexity index is 590. The Hall–Kier alpha value is -1.61. The normalized spacial score (nSPS) is 31.6. The Kier molecular flexibility index (Phi) is 4.09. The second-order valence-electron chi connectivity index (χ2n) is 6.59. The van der Waals surface area contributed by atoms with Gasteiger partial charge in [-0.3, -0.25) is 0 Å². The number of carbonyl (C=O) groups excluding carboxylic acids is 1. The Balaban J connectivity index is 2.08. The molecule has 0 amide bonds. The van der Waals surface area contributed by atoms with Crippen LogP contribution in [0.15, 0.2) is 41.5 Å². The van der Waals surface area contributed by atoms with Crippen LogP contribution in [-0.2, 0) is 9.53 Å². The molecule has 0 bridgehead atoms. The molecule has 2 aliphatic carbocycles. The molecular weight excluding hydrogens is 276 g/mol. The second kappa shape index (κ2) is 5.88. The topological polar surface area (TPSA) is 46.5 Å². The van der Waals surface area contributed by atoms with Gasteiger partial charge in [-0.05, 0) is 38.2 Å². The average Bonchev–Trinajstić information content (AvgIpc) is 2.58. The van der Waals surface area contributed by atoms with E-state index in [9.17, 15) is 9.90 Å². The molecule has 1 aromatic rings. The Labute approximate surface area is 132 Å². The van der Waals surface area contributed by atoms with Crippen molar-refractivity contribution in [2.24, 2.45) is 5.92 Å². The van der Waals surface area contributed by atoms with Gasteiger partial charge in [-0.25, -0.2) is 4.79 Å². The van der Waals surface area contributed by atoms with Crippen LogP contribution in [0.1, 0.15) is 50.5 Å². The third-order valence-corrected chi connectivity index (χ3v) is 5.47. The predicted octanol–water partition coefficient (Wildman–Crippen LogP) is 3.58. The summed E-state index contributed by atoms with van der Waals surface area (Å²) in [7, 11) is 1.37. The van der Waals surface area contributed by atoms with Gasteiger partial charge in [0, 0.05) is 11.8 Å². The minimum absolute atomic E-state index is 0.0753. The summed E-state index contributed by atoms with van der Waals surface area (Å²) in [6.07, 6.45) is 4.49. The van der Waals surface area contributed by atoms with E-state index in [0.29, 0.717) is 6.42 Å². The van der Waals surface area contributed by atoms with Crippen molar-refractivity contribution in [3.63, 3.8) is 0 Å². The van der Waals surface area contributed by atoms with Gasteiger partial charge in [0.1, 0.15) is 0 Å². The molecule has 3 rings (SSSR count). The Morgan fingerprint density at radius 3 is 2.68 bits per heavy atom. The Morgan fingerprint density at radius 2 is 2.00 bits per heavy atom.